The van der Waals surface area contributed by atoms with Gasteiger partial charge in [0.15, 0.2) is 11.5 Å². The van der Waals surface area contributed by atoms with E-state index in [1.807, 2.05) is 181 Å². The molecule has 4 atom stereocenters. The fraction of sp³-hybridized carbons (Fsp3) is 0.188. The van der Waals surface area contributed by atoms with Gasteiger partial charge < -0.3 is 60.8 Å². The third-order valence-electron chi connectivity index (χ3n) is 24.1. The number of nitrogens with zero attached hydrogens (tertiary/aromatic N) is 10. The number of imide groups is 1. The molecule has 147 heavy (non-hydrogen) atoms. The maximum absolute atomic E-state index is 12.9. The zero-order valence-electron chi connectivity index (χ0n) is 81.3. The van der Waals surface area contributed by atoms with E-state index >= 15 is 0 Å². The summed E-state index contributed by atoms with van der Waals surface area (Å²) >= 11 is 1.92. The first-order valence-corrected chi connectivity index (χ1v) is 49.8. The summed E-state index contributed by atoms with van der Waals surface area (Å²) in [7, 11) is -0.486. The van der Waals surface area contributed by atoms with Crippen molar-refractivity contribution in [3.05, 3.63) is 427 Å². The molecule has 0 bridgehead atoms. The number of nitrogens with two attached hydrogens (primary N) is 1. The number of para-hydroxylation sites is 3. The summed E-state index contributed by atoms with van der Waals surface area (Å²) in [6.45, 7) is 10.7. The van der Waals surface area contributed by atoms with Crippen LogP contribution in [0.5, 0.6) is 0 Å². The molecule has 2 saturated heterocycles. The summed E-state index contributed by atoms with van der Waals surface area (Å²) in [6, 6.07) is 78.7. The van der Waals surface area contributed by atoms with Crippen molar-refractivity contribution in [3.8, 4) is 28.2 Å². The Kier molecular flexibility index (Phi) is 37.4. The number of nitrogens with one attached hydrogen (secondary N) is 5. The number of aliphatic carboxylic acids is 1. The molecule has 0 saturated carbocycles. The van der Waals surface area contributed by atoms with Crippen LogP contribution >= 0.6 is 22.6 Å². The average molecular weight is 2110 g/mol. The molecule has 2 fully saturated rings. The van der Waals surface area contributed by atoms with E-state index in [2.05, 4.69) is 87.1 Å². The number of anilines is 3. The monoisotopic (exact) mass is 2110 g/mol. The van der Waals surface area contributed by atoms with Crippen LogP contribution in [-0.4, -0.2) is 171 Å². The van der Waals surface area contributed by atoms with Gasteiger partial charge in [-0.25, -0.2) is 32.6 Å². The number of primary amides is 1. The van der Waals surface area contributed by atoms with E-state index in [0.29, 0.717) is 77.0 Å². The first-order valence-electron chi connectivity index (χ1n) is 46.6. The minimum absolute atomic E-state index is 0.0805. The Labute approximate surface area is 861 Å². The molecule has 35 heteroatoms. The van der Waals surface area contributed by atoms with Crippen molar-refractivity contribution in [1.82, 2.24) is 59.3 Å². The number of alkyl halides is 1. The number of sulfonamides is 1. The number of carboxylic acids is 2. The van der Waals surface area contributed by atoms with E-state index in [1.165, 1.54) is 34.1 Å². The molecule has 9 heterocycles. The maximum Gasteiger partial charge on any atom is 0.348 e. The lowest BCUT2D eigenvalue weighted by molar-refractivity contribution is -0.138. The molecule has 750 valence electrons. The third-order valence-corrected chi connectivity index (χ3v) is 26.6. The molecule has 0 aliphatic carbocycles. The van der Waals surface area contributed by atoms with Crippen molar-refractivity contribution >= 4 is 125 Å². The topological polar surface area (TPSA) is 467 Å². The zero-order chi connectivity index (χ0) is 105. The van der Waals surface area contributed by atoms with Crippen LogP contribution in [0.2, 0.25) is 0 Å². The van der Waals surface area contributed by atoms with Crippen molar-refractivity contribution < 1.29 is 70.9 Å². The van der Waals surface area contributed by atoms with Gasteiger partial charge in [0.25, 0.3) is 6.01 Å². The number of rotatable bonds is 27. The number of carbonyl (C=O) groups is 9. The molecular weight excluding hydrogens is 2000 g/mol. The predicted molar refractivity (Wildman–Crippen MR) is 569 cm³/mol. The number of fused-ring (bicyclic) bond motifs is 2. The van der Waals surface area contributed by atoms with Crippen molar-refractivity contribution in [1.29, 1.82) is 0 Å². The first kappa shape index (κ1) is 107. The number of piperazine rings is 1. The standard InChI is InChI=1S/C27H21N3O2.C24H21N3O4.C18H19IN4O3.C18H22N4O3S.C15H15NO3.C10H9NO2/c1-17-22(14-18-6-5-13-28-16-18)23(19-7-3-2-4-8-19)15-24-25(17)30-26(29-24)20-9-11-21(12-10-20)27(31)32;1-14-11-19-20(15(2)18(14)12-16-7-6-10-25-13-16)23(30)31-24(26-19)27-21(22(28)29)17-8-4-3-5-9-17;19-10-15(24)23-16(13-6-2-1-3-7-13)18(26)22-14(17(20)25)9-12-5-4-8-21-11-12;1-21-10-11-22(26(24,25)14-15-6-5-9-19-12-15)17(13-21)18(23)20-16-7-3-2-4-8-16;1-10-9-13(17)14(15(18)19-3)11(2)16(10)12-7-5-4-6-8-12;12-9-6-7-10(13)11(9)8-4-2-1-3-5-8/h2-13,15-16H,14H2,1H3,(H,29,30)(H,31,32);3-11,13,21H,12H2,1-2H3,(H,26,27)(H,28,29);1-8,11,14,16H,9-10H2,(H2,20,25)(H,22,26)(H,23,24);2-9,12,17H,10-11,13-14H2,1H3,(H,20,23);4-9H,1-3H3;1-5H,6-7H2. The van der Waals surface area contributed by atoms with Gasteiger partial charge in [-0.1, -0.05) is 205 Å². The molecule has 2 aliphatic rings. The lowest BCUT2D eigenvalue weighted by atomic mass is 9.91. The van der Waals surface area contributed by atoms with Gasteiger partial charge in [0.2, 0.25) is 45.5 Å². The normalized spacial score (nSPS) is 13.4. The lowest BCUT2D eigenvalue weighted by Gasteiger charge is -2.38. The summed E-state index contributed by atoms with van der Waals surface area (Å²) in [5.41, 5.74) is 23.8. The van der Waals surface area contributed by atoms with Crippen LogP contribution in [0.15, 0.2) is 337 Å². The van der Waals surface area contributed by atoms with Gasteiger partial charge in [0.05, 0.1) is 50.5 Å². The molecular formula is C112H107IN16O17S. The summed E-state index contributed by atoms with van der Waals surface area (Å²) in [5, 5.41) is 30.0. The number of carboxylic acid groups (broad SMARTS) is 2. The summed E-state index contributed by atoms with van der Waals surface area (Å²) in [5.74, 6) is -4.05. The molecule has 0 radical (unpaired) electrons. The smallest absolute Gasteiger partial charge is 0.348 e. The lowest BCUT2D eigenvalue weighted by Crippen LogP contribution is -2.58. The zero-order valence-corrected chi connectivity index (χ0v) is 84.3. The van der Waals surface area contributed by atoms with Crippen LogP contribution in [-0.2, 0) is 73.3 Å². The molecule has 0 spiro atoms. The van der Waals surface area contributed by atoms with Crippen LogP contribution in [0.3, 0.4) is 0 Å². The Balaban J connectivity index is 0.000000150. The number of aryl methyl sites for hydroxylation is 4. The molecule has 9 aromatic carbocycles. The van der Waals surface area contributed by atoms with Crippen LogP contribution in [0.25, 0.3) is 50.1 Å². The number of H-pyrrole nitrogens is 1. The number of halogens is 1. The van der Waals surface area contributed by atoms with Crippen molar-refractivity contribution in [2.75, 3.05) is 53.8 Å². The Morgan fingerprint density at radius 1 is 0.578 bits per heavy atom. The second-order valence-corrected chi connectivity index (χ2v) is 37.0. The Morgan fingerprint density at radius 2 is 1.10 bits per heavy atom. The third kappa shape index (κ3) is 28.5. The first-order chi connectivity index (χ1) is 70.8. The van der Waals surface area contributed by atoms with Gasteiger partial charge in [-0.15, -0.1) is 0 Å². The number of aromatic carboxylic acids is 1. The molecule has 4 unspecified atom stereocenters. The quantitative estimate of drug-likeness (QED) is 0.0103. The molecule has 18 rings (SSSR count). The van der Waals surface area contributed by atoms with Gasteiger partial charge in [-0.2, -0.15) is 9.29 Å². The summed E-state index contributed by atoms with van der Waals surface area (Å²) in [6.07, 6.45) is 15.9. The van der Waals surface area contributed by atoms with E-state index < -0.39 is 69.5 Å². The highest BCUT2D eigenvalue weighted by molar-refractivity contribution is 14.1. The molecule has 16 aromatic rings. The molecule has 9 N–H and O–H groups in total. The van der Waals surface area contributed by atoms with E-state index in [0.717, 1.165) is 90.3 Å². The van der Waals surface area contributed by atoms with Gasteiger partial charge in [-0.05, 0) is 212 Å². The van der Waals surface area contributed by atoms with E-state index in [4.69, 9.17) is 20.2 Å². The summed E-state index contributed by atoms with van der Waals surface area (Å²) in [4.78, 5) is 163. The number of esters is 1. The van der Waals surface area contributed by atoms with E-state index in [9.17, 15) is 66.3 Å². The SMILES string of the molecule is CN1CCN(S(=O)(=O)Cc2cccnc2)C(C(=O)Nc2ccccc2)C1.COC(=O)c1c(C)n(-c2ccccc2)c(C)cc1=O.Cc1c(Cc2cccnc2)c(-c2ccccc2)cc2[nH]c(-c3ccc(C(=O)O)cc3)nc12.Cc1cc2nc(NC(C(=O)O)c3ccccc3)oc(=O)c2c(C)c1Cc1cccnc1.NC(=O)C(Cc1cccnc1)NC(=O)C(NC(=O)CI)c1ccccc1.O=C1CCC(=O)N1c1ccccc1. The van der Waals surface area contributed by atoms with Crippen molar-refractivity contribution in [2.45, 2.75) is 96.6 Å². The minimum Gasteiger partial charge on any atom is -0.479 e. The van der Waals surface area contributed by atoms with Crippen LogP contribution in [0.1, 0.15) is 118 Å². The number of carbonyl (C=O) groups excluding carboxylic acids is 7. The van der Waals surface area contributed by atoms with Crippen LogP contribution in [0, 0.1) is 34.6 Å². The van der Waals surface area contributed by atoms with Gasteiger partial charge in [0.1, 0.15) is 29.5 Å². The highest BCUT2D eigenvalue weighted by Crippen LogP contribution is 2.36. The average Bonchev–Trinajstić information content (AvgIpc) is 1.75. The Bertz CT molecular complexity index is 7560. The van der Waals surface area contributed by atoms with Gasteiger partial charge in [0, 0.05) is 123 Å². The number of imidazole rings is 1. The van der Waals surface area contributed by atoms with Gasteiger partial charge in [-0.3, -0.25) is 58.4 Å². The maximum atomic E-state index is 12.9. The van der Waals surface area contributed by atoms with Crippen molar-refractivity contribution in [3.63, 3.8) is 0 Å². The highest BCUT2D eigenvalue weighted by atomic mass is 127. The van der Waals surface area contributed by atoms with Crippen LogP contribution < -0.4 is 43.0 Å². The summed E-state index contributed by atoms with van der Waals surface area (Å²) < 4.78 is 39.3. The number of hydrogen-bond donors (Lipinski definition) is 8. The van der Waals surface area contributed by atoms with E-state index in [-0.39, 0.29) is 69.3 Å². The number of aromatic amines is 1. The number of benzene rings is 9. The van der Waals surface area contributed by atoms with E-state index in [1.54, 1.807) is 171 Å². The molecule has 7 aromatic heterocycles. The largest absolute Gasteiger partial charge is 0.479 e. The second kappa shape index (κ2) is 51.3. The molecule has 33 nitrogen and oxygen atoms in total. The number of amides is 6. The number of methoxy groups -OCH3 is 1. The second-order valence-electron chi connectivity index (χ2n) is 34.3. The number of pyridine rings is 5. The Morgan fingerprint density at radius 3 is 1.63 bits per heavy atom. The molecule has 6 amide bonds. The minimum atomic E-state index is -3.64. The molecule has 2 aliphatic heterocycles. The van der Waals surface area contributed by atoms with Crippen molar-refractivity contribution in [2.24, 2.45) is 5.73 Å². The fourth-order valence-electron chi connectivity index (χ4n) is 16.8. The Hall–Kier alpha value is -17.0. The highest BCUT2D eigenvalue weighted by Gasteiger charge is 2.39. The van der Waals surface area contributed by atoms with Gasteiger partial charge >= 0.3 is 23.5 Å². The predicted octanol–water partition coefficient (Wildman–Crippen LogP) is 15.6. The fourth-order valence-corrected chi connectivity index (χ4v) is 18.7. The number of aromatic nitrogens is 8. The number of ether oxygens (including phenoxy) is 1. The number of likely N-dealkylation sites (N-methyl/N-ethyl adjacent to an activating group) is 1. The number of hydrogen-bond acceptors (Lipinski definition) is 23. The van der Waals surface area contributed by atoms with Crippen LogP contribution in [0.4, 0.5) is 17.4 Å².